The van der Waals surface area contributed by atoms with E-state index < -0.39 is 0 Å². The van der Waals surface area contributed by atoms with E-state index in [9.17, 15) is 4.79 Å². The SMILES string of the molecule is O=C1CCCNCCCCCc2cccc(c2)CCN1. The van der Waals surface area contributed by atoms with E-state index >= 15 is 0 Å². The maximum atomic E-state index is 11.7. The largest absolute Gasteiger partial charge is 0.356 e. The van der Waals surface area contributed by atoms with Crippen LogP contribution in [0.2, 0.25) is 0 Å². The molecule has 2 bridgehead atoms. The summed E-state index contributed by atoms with van der Waals surface area (Å²) in [4.78, 5) is 11.7. The van der Waals surface area contributed by atoms with Gasteiger partial charge in [-0.25, -0.2) is 0 Å². The molecule has 1 amide bonds. The molecular formula is C17H26N2O. The van der Waals surface area contributed by atoms with Gasteiger partial charge in [0.25, 0.3) is 0 Å². The highest BCUT2D eigenvalue weighted by Crippen LogP contribution is 2.10. The van der Waals surface area contributed by atoms with Crippen molar-refractivity contribution in [2.75, 3.05) is 19.6 Å². The third-order valence-electron chi connectivity index (χ3n) is 3.80. The van der Waals surface area contributed by atoms with Crippen molar-refractivity contribution in [1.29, 1.82) is 0 Å². The third kappa shape index (κ3) is 5.74. The van der Waals surface area contributed by atoms with E-state index in [0.717, 1.165) is 32.5 Å². The van der Waals surface area contributed by atoms with Crippen LogP contribution >= 0.6 is 0 Å². The summed E-state index contributed by atoms with van der Waals surface area (Å²) < 4.78 is 0. The Morgan fingerprint density at radius 1 is 0.800 bits per heavy atom. The molecule has 20 heavy (non-hydrogen) atoms. The molecule has 0 fully saturated rings. The van der Waals surface area contributed by atoms with Crippen LogP contribution in [0.15, 0.2) is 24.3 Å². The fraction of sp³-hybridized carbons (Fsp3) is 0.588. The lowest BCUT2D eigenvalue weighted by Gasteiger charge is -2.09. The zero-order chi connectivity index (χ0) is 14.0. The van der Waals surface area contributed by atoms with Crippen LogP contribution in [0.5, 0.6) is 0 Å². The number of carbonyl (C=O) groups is 1. The van der Waals surface area contributed by atoms with Gasteiger partial charge in [0, 0.05) is 13.0 Å². The Labute approximate surface area is 122 Å². The highest BCUT2D eigenvalue weighted by Gasteiger charge is 2.02. The number of aryl methyl sites for hydroxylation is 1. The molecule has 0 aliphatic carbocycles. The number of hydrogen-bond acceptors (Lipinski definition) is 2. The highest BCUT2D eigenvalue weighted by atomic mass is 16.1. The number of fused-ring (bicyclic) bond motifs is 2. The van der Waals surface area contributed by atoms with Crippen LogP contribution in [0, 0.1) is 0 Å². The maximum absolute atomic E-state index is 11.7. The van der Waals surface area contributed by atoms with Gasteiger partial charge in [-0.05, 0) is 56.3 Å². The number of benzene rings is 1. The van der Waals surface area contributed by atoms with Crippen molar-refractivity contribution in [3.63, 3.8) is 0 Å². The van der Waals surface area contributed by atoms with Gasteiger partial charge < -0.3 is 10.6 Å². The Bertz CT molecular complexity index is 417. The number of nitrogens with one attached hydrogen (secondary N) is 2. The lowest BCUT2D eigenvalue weighted by atomic mass is 10.0. The average Bonchev–Trinajstić information content (AvgIpc) is 2.45. The summed E-state index contributed by atoms with van der Waals surface area (Å²) in [7, 11) is 0. The van der Waals surface area contributed by atoms with Crippen LogP contribution in [-0.2, 0) is 17.6 Å². The van der Waals surface area contributed by atoms with Gasteiger partial charge in [0.15, 0.2) is 0 Å². The lowest BCUT2D eigenvalue weighted by Crippen LogP contribution is -2.27. The standard InChI is InChI=1S/C17H26N2O/c20-17-9-5-12-18-11-3-1-2-6-15-7-4-8-16(14-15)10-13-19-17/h4,7-8,14,18H,1-3,5-6,9-13H2,(H,19,20). The van der Waals surface area contributed by atoms with E-state index in [1.807, 2.05) is 0 Å². The summed E-state index contributed by atoms with van der Waals surface area (Å²) in [5, 5.41) is 6.42. The fourth-order valence-electron chi connectivity index (χ4n) is 2.63. The predicted octanol–water partition coefficient (Wildman–Crippen LogP) is 2.44. The van der Waals surface area contributed by atoms with Gasteiger partial charge in [-0.2, -0.15) is 0 Å². The van der Waals surface area contributed by atoms with Gasteiger partial charge in [0.1, 0.15) is 0 Å². The Balaban J connectivity index is 1.90. The molecule has 110 valence electrons. The van der Waals surface area contributed by atoms with E-state index in [0.29, 0.717) is 6.42 Å². The topological polar surface area (TPSA) is 41.1 Å². The minimum atomic E-state index is 0.176. The second-order valence-corrected chi connectivity index (χ2v) is 5.58. The zero-order valence-corrected chi connectivity index (χ0v) is 12.3. The predicted molar refractivity (Wildman–Crippen MR) is 82.8 cm³/mol. The maximum Gasteiger partial charge on any atom is 0.220 e. The molecule has 0 atom stereocenters. The van der Waals surface area contributed by atoms with Crippen molar-refractivity contribution in [3.8, 4) is 0 Å². The van der Waals surface area contributed by atoms with E-state index in [2.05, 4.69) is 34.9 Å². The number of amides is 1. The normalized spacial score (nSPS) is 19.3. The smallest absolute Gasteiger partial charge is 0.220 e. The summed E-state index contributed by atoms with van der Waals surface area (Å²) in [6.45, 7) is 2.77. The Kier molecular flexibility index (Phi) is 6.58. The first-order valence-electron chi connectivity index (χ1n) is 7.90. The summed E-state index contributed by atoms with van der Waals surface area (Å²) >= 11 is 0. The van der Waals surface area contributed by atoms with Crippen molar-refractivity contribution in [2.24, 2.45) is 0 Å². The zero-order valence-electron chi connectivity index (χ0n) is 12.3. The van der Waals surface area contributed by atoms with Crippen molar-refractivity contribution in [3.05, 3.63) is 35.4 Å². The molecule has 0 saturated heterocycles. The molecule has 1 heterocycles. The number of carbonyl (C=O) groups excluding carboxylic acids is 1. The third-order valence-corrected chi connectivity index (χ3v) is 3.80. The Hall–Kier alpha value is -1.35. The molecule has 3 nitrogen and oxygen atoms in total. The van der Waals surface area contributed by atoms with Gasteiger partial charge in [-0.1, -0.05) is 30.7 Å². The molecule has 0 unspecified atom stereocenters. The van der Waals surface area contributed by atoms with Gasteiger partial charge in [0.05, 0.1) is 0 Å². The first-order chi connectivity index (χ1) is 9.84. The second-order valence-electron chi connectivity index (χ2n) is 5.58. The van der Waals surface area contributed by atoms with Gasteiger partial charge in [0.2, 0.25) is 5.91 Å². The molecule has 1 aliphatic heterocycles. The summed E-state index contributed by atoms with van der Waals surface area (Å²) in [5.74, 6) is 0.176. The molecule has 0 radical (unpaired) electrons. The molecule has 3 heteroatoms. The molecular weight excluding hydrogens is 248 g/mol. The van der Waals surface area contributed by atoms with E-state index in [4.69, 9.17) is 0 Å². The molecule has 1 aromatic carbocycles. The fourth-order valence-corrected chi connectivity index (χ4v) is 2.63. The lowest BCUT2D eigenvalue weighted by molar-refractivity contribution is -0.121. The van der Waals surface area contributed by atoms with Gasteiger partial charge in [-0.3, -0.25) is 4.79 Å². The first-order valence-corrected chi connectivity index (χ1v) is 7.90. The molecule has 2 N–H and O–H groups in total. The van der Waals surface area contributed by atoms with Crippen molar-refractivity contribution in [2.45, 2.75) is 44.9 Å². The summed E-state index contributed by atoms with van der Waals surface area (Å²) in [6.07, 6.45) is 7.43. The minimum Gasteiger partial charge on any atom is -0.356 e. The van der Waals surface area contributed by atoms with E-state index in [1.165, 1.54) is 36.8 Å². The monoisotopic (exact) mass is 274 g/mol. The van der Waals surface area contributed by atoms with Crippen molar-refractivity contribution >= 4 is 5.91 Å². The average molecular weight is 274 g/mol. The molecule has 0 aromatic heterocycles. The molecule has 1 aromatic rings. The summed E-state index contributed by atoms with van der Waals surface area (Å²) in [5.41, 5.74) is 2.76. The highest BCUT2D eigenvalue weighted by molar-refractivity contribution is 5.75. The summed E-state index contributed by atoms with van der Waals surface area (Å²) in [6, 6.07) is 8.79. The van der Waals surface area contributed by atoms with Crippen molar-refractivity contribution in [1.82, 2.24) is 10.6 Å². The molecule has 0 spiro atoms. The number of hydrogen-bond donors (Lipinski definition) is 2. The minimum absolute atomic E-state index is 0.176. The quantitative estimate of drug-likeness (QED) is 0.763. The molecule has 0 saturated carbocycles. The van der Waals surface area contributed by atoms with Crippen LogP contribution in [0.4, 0.5) is 0 Å². The molecule has 1 aliphatic rings. The van der Waals surface area contributed by atoms with Crippen LogP contribution in [0.1, 0.15) is 43.2 Å². The first kappa shape index (κ1) is 15.0. The van der Waals surface area contributed by atoms with E-state index in [1.54, 1.807) is 0 Å². The Morgan fingerprint density at radius 3 is 2.50 bits per heavy atom. The van der Waals surface area contributed by atoms with Gasteiger partial charge >= 0.3 is 0 Å². The van der Waals surface area contributed by atoms with E-state index in [-0.39, 0.29) is 5.91 Å². The number of rotatable bonds is 0. The van der Waals surface area contributed by atoms with Crippen LogP contribution < -0.4 is 10.6 Å². The second kappa shape index (κ2) is 8.75. The van der Waals surface area contributed by atoms with Crippen LogP contribution in [-0.4, -0.2) is 25.5 Å². The van der Waals surface area contributed by atoms with Crippen molar-refractivity contribution < 1.29 is 4.79 Å². The Morgan fingerprint density at radius 2 is 1.60 bits per heavy atom. The van der Waals surface area contributed by atoms with Gasteiger partial charge in [-0.15, -0.1) is 0 Å². The van der Waals surface area contributed by atoms with Crippen LogP contribution in [0.25, 0.3) is 0 Å². The molecule has 2 rings (SSSR count). The van der Waals surface area contributed by atoms with Crippen LogP contribution in [0.3, 0.4) is 0 Å².